The van der Waals surface area contributed by atoms with Gasteiger partial charge in [-0.05, 0) is 30.8 Å². The zero-order valence-corrected chi connectivity index (χ0v) is 13.0. The van der Waals surface area contributed by atoms with Gasteiger partial charge in [0, 0.05) is 24.5 Å². The number of hydrogen-bond acceptors (Lipinski definition) is 4. The van der Waals surface area contributed by atoms with Gasteiger partial charge in [0.25, 0.3) is 0 Å². The predicted molar refractivity (Wildman–Crippen MR) is 78.9 cm³/mol. The van der Waals surface area contributed by atoms with E-state index in [-0.39, 0.29) is 0 Å². The smallest absolute Gasteiger partial charge is 0.244 e. The van der Waals surface area contributed by atoms with Gasteiger partial charge in [-0.3, -0.25) is 0 Å². The zero-order valence-electron chi connectivity index (χ0n) is 11.4. The number of nitrogens with zero attached hydrogens (tertiary/aromatic N) is 1. The van der Waals surface area contributed by atoms with Crippen molar-refractivity contribution in [2.24, 2.45) is 0 Å². The van der Waals surface area contributed by atoms with Crippen LogP contribution in [0.4, 0.5) is 0 Å². The minimum absolute atomic E-state index is 0.500. The van der Waals surface area contributed by atoms with Crippen LogP contribution in [-0.4, -0.2) is 32.4 Å². The molecule has 0 unspecified atom stereocenters. The van der Waals surface area contributed by atoms with Crippen LogP contribution >= 0.6 is 11.3 Å². The molecular formula is C13H22N2O2S2. The summed E-state index contributed by atoms with van der Waals surface area (Å²) in [4.78, 5) is 1.42. The third kappa shape index (κ3) is 3.56. The average molecular weight is 302 g/mol. The highest BCUT2D eigenvalue weighted by atomic mass is 32.2. The van der Waals surface area contributed by atoms with Gasteiger partial charge < -0.3 is 5.32 Å². The van der Waals surface area contributed by atoms with Gasteiger partial charge in [-0.25, -0.2) is 8.42 Å². The summed E-state index contributed by atoms with van der Waals surface area (Å²) in [6.45, 7) is 4.84. The molecule has 6 heteroatoms. The quantitative estimate of drug-likeness (QED) is 0.909. The molecule has 2 rings (SSSR count). The molecule has 4 nitrogen and oxygen atoms in total. The Morgan fingerprint density at radius 1 is 1.26 bits per heavy atom. The van der Waals surface area contributed by atoms with Gasteiger partial charge in [0.15, 0.2) is 0 Å². The molecule has 1 aliphatic heterocycles. The molecule has 19 heavy (non-hydrogen) atoms. The maximum absolute atomic E-state index is 12.7. The van der Waals surface area contributed by atoms with Crippen LogP contribution in [0.5, 0.6) is 0 Å². The highest BCUT2D eigenvalue weighted by Crippen LogP contribution is 2.26. The molecule has 0 amide bonds. The molecule has 1 N–H and O–H groups in total. The Hall–Kier alpha value is -0.430. The van der Waals surface area contributed by atoms with E-state index in [9.17, 15) is 8.42 Å². The summed E-state index contributed by atoms with van der Waals surface area (Å²) in [7, 11) is -3.30. The molecule has 1 aliphatic rings. The van der Waals surface area contributed by atoms with Crippen molar-refractivity contribution in [3.8, 4) is 0 Å². The van der Waals surface area contributed by atoms with Crippen molar-refractivity contribution in [1.29, 1.82) is 0 Å². The van der Waals surface area contributed by atoms with Gasteiger partial charge in [-0.1, -0.05) is 19.8 Å². The monoisotopic (exact) mass is 302 g/mol. The van der Waals surface area contributed by atoms with Crippen LogP contribution in [0.2, 0.25) is 0 Å². The Bertz CT molecular complexity index is 488. The number of thiophene rings is 1. The summed E-state index contributed by atoms with van der Waals surface area (Å²) in [6.07, 6.45) is 4.23. The zero-order chi connectivity index (χ0) is 13.7. The summed E-state index contributed by atoms with van der Waals surface area (Å²) in [5.41, 5.74) is 0. The second kappa shape index (κ2) is 6.83. The lowest BCUT2D eigenvalue weighted by molar-refractivity contribution is 0.423. The summed E-state index contributed by atoms with van der Waals surface area (Å²) in [5, 5.41) is 5.08. The molecule has 0 radical (unpaired) electrons. The number of hydrogen-bond donors (Lipinski definition) is 1. The Morgan fingerprint density at radius 2 is 1.95 bits per heavy atom. The fourth-order valence-corrected chi connectivity index (χ4v) is 5.25. The van der Waals surface area contributed by atoms with E-state index in [0.717, 1.165) is 37.1 Å². The summed E-state index contributed by atoms with van der Waals surface area (Å²) in [6, 6.07) is 1.75. The lowest BCUT2D eigenvalue weighted by Crippen LogP contribution is -2.32. The summed E-state index contributed by atoms with van der Waals surface area (Å²) < 4.78 is 27.0. The molecule has 0 aromatic carbocycles. The molecular weight excluding hydrogens is 280 g/mol. The van der Waals surface area contributed by atoms with Crippen molar-refractivity contribution in [3.63, 3.8) is 0 Å². The third-order valence-corrected chi connectivity index (χ3v) is 6.46. The molecule has 1 aromatic rings. The van der Waals surface area contributed by atoms with Gasteiger partial charge in [0.1, 0.15) is 0 Å². The molecule has 0 bridgehead atoms. The van der Waals surface area contributed by atoms with Crippen molar-refractivity contribution >= 4 is 21.4 Å². The maximum atomic E-state index is 12.7. The van der Waals surface area contributed by atoms with Crippen molar-refractivity contribution in [2.45, 2.75) is 44.0 Å². The molecule has 0 atom stereocenters. The fourth-order valence-electron chi connectivity index (χ4n) is 2.35. The van der Waals surface area contributed by atoms with Crippen LogP contribution in [0.15, 0.2) is 16.3 Å². The lowest BCUT2D eigenvalue weighted by atomic mass is 10.2. The minimum Gasteiger partial charge on any atom is -0.312 e. The van der Waals surface area contributed by atoms with E-state index in [1.807, 2.05) is 12.3 Å². The second-order valence-corrected chi connectivity index (χ2v) is 7.71. The molecule has 0 saturated carbocycles. The SMILES string of the molecule is CCNCc1sccc1S(=O)(=O)N1CCCCCC1. The van der Waals surface area contributed by atoms with E-state index in [1.165, 1.54) is 11.3 Å². The predicted octanol–water partition coefficient (Wildman–Crippen LogP) is 2.42. The van der Waals surface area contributed by atoms with Crippen molar-refractivity contribution in [3.05, 3.63) is 16.3 Å². The second-order valence-electron chi connectivity index (χ2n) is 4.81. The van der Waals surface area contributed by atoms with E-state index in [2.05, 4.69) is 5.32 Å². The van der Waals surface area contributed by atoms with Crippen LogP contribution in [0, 0.1) is 0 Å². The Labute approximate surface area is 119 Å². The van der Waals surface area contributed by atoms with E-state index in [4.69, 9.17) is 0 Å². The van der Waals surface area contributed by atoms with Gasteiger partial charge in [0.05, 0.1) is 4.90 Å². The van der Waals surface area contributed by atoms with Crippen LogP contribution in [-0.2, 0) is 16.6 Å². The third-order valence-electron chi connectivity index (χ3n) is 3.42. The first-order chi connectivity index (χ1) is 9.16. The van der Waals surface area contributed by atoms with Gasteiger partial charge in [-0.15, -0.1) is 11.3 Å². The van der Waals surface area contributed by atoms with Gasteiger partial charge in [0.2, 0.25) is 10.0 Å². The molecule has 1 fully saturated rings. The molecule has 2 heterocycles. The van der Waals surface area contributed by atoms with Crippen LogP contribution in [0.25, 0.3) is 0 Å². The molecule has 0 spiro atoms. The Balaban J connectivity index is 2.20. The number of rotatable bonds is 5. The molecule has 1 aromatic heterocycles. The van der Waals surface area contributed by atoms with E-state index >= 15 is 0 Å². The van der Waals surface area contributed by atoms with Gasteiger partial charge in [-0.2, -0.15) is 4.31 Å². The summed E-state index contributed by atoms with van der Waals surface area (Å²) in [5.74, 6) is 0. The van der Waals surface area contributed by atoms with Crippen molar-refractivity contribution in [1.82, 2.24) is 9.62 Å². The highest BCUT2D eigenvalue weighted by Gasteiger charge is 2.27. The highest BCUT2D eigenvalue weighted by molar-refractivity contribution is 7.89. The maximum Gasteiger partial charge on any atom is 0.244 e. The fraction of sp³-hybridized carbons (Fsp3) is 0.692. The summed E-state index contributed by atoms with van der Waals surface area (Å²) >= 11 is 1.52. The van der Waals surface area contributed by atoms with Crippen LogP contribution < -0.4 is 5.32 Å². The topological polar surface area (TPSA) is 49.4 Å². The van der Waals surface area contributed by atoms with Gasteiger partial charge >= 0.3 is 0 Å². The normalized spacial score (nSPS) is 18.4. The average Bonchev–Trinajstić information content (AvgIpc) is 2.69. The minimum atomic E-state index is -3.30. The largest absolute Gasteiger partial charge is 0.312 e. The first kappa shape index (κ1) is 15.0. The first-order valence-electron chi connectivity index (χ1n) is 6.93. The molecule has 1 saturated heterocycles. The van der Waals surface area contributed by atoms with Crippen LogP contribution in [0.1, 0.15) is 37.5 Å². The van der Waals surface area contributed by atoms with Crippen LogP contribution in [0.3, 0.4) is 0 Å². The van der Waals surface area contributed by atoms with Crippen molar-refractivity contribution in [2.75, 3.05) is 19.6 Å². The lowest BCUT2D eigenvalue weighted by Gasteiger charge is -2.20. The molecule has 108 valence electrons. The van der Waals surface area contributed by atoms with Crippen molar-refractivity contribution < 1.29 is 8.42 Å². The Morgan fingerprint density at radius 3 is 2.58 bits per heavy atom. The number of sulfonamides is 1. The van der Waals surface area contributed by atoms with E-state index in [1.54, 1.807) is 10.4 Å². The standard InChI is InChI=1S/C13H22N2O2S2/c1-2-14-11-12-13(7-10-18-12)19(16,17)15-8-5-3-4-6-9-15/h7,10,14H,2-6,8-9,11H2,1H3. The van der Waals surface area contributed by atoms with E-state index < -0.39 is 10.0 Å². The first-order valence-corrected chi connectivity index (χ1v) is 9.25. The Kier molecular flexibility index (Phi) is 5.38. The number of nitrogens with one attached hydrogen (secondary N) is 1. The molecule has 0 aliphatic carbocycles. The van der Waals surface area contributed by atoms with E-state index in [0.29, 0.717) is 24.5 Å².